The third kappa shape index (κ3) is 3.37. The second kappa shape index (κ2) is 6.58. The number of carbonyl (C=O) groups excluding carboxylic acids is 1. The van der Waals surface area contributed by atoms with Crippen LogP contribution in [0.4, 0.5) is 0 Å². The molecule has 0 bridgehead atoms. The van der Waals surface area contributed by atoms with E-state index in [1.807, 2.05) is 17.5 Å². The van der Waals surface area contributed by atoms with E-state index in [-0.39, 0.29) is 11.7 Å². The van der Waals surface area contributed by atoms with E-state index < -0.39 is 0 Å². The van der Waals surface area contributed by atoms with Gasteiger partial charge in [0, 0.05) is 34.5 Å². The largest absolute Gasteiger partial charge is 0.508 e. The minimum Gasteiger partial charge on any atom is -0.508 e. The summed E-state index contributed by atoms with van der Waals surface area (Å²) >= 11 is 1.49. The fourth-order valence-corrected chi connectivity index (χ4v) is 2.91. The lowest BCUT2D eigenvalue weighted by atomic mass is 10.1. The van der Waals surface area contributed by atoms with Gasteiger partial charge >= 0.3 is 0 Å². The third-order valence-electron chi connectivity index (χ3n) is 3.48. The summed E-state index contributed by atoms with van der Waals surface area (Å²) in [6, 6.07) is 8.70. The molecule has 116 valence electrons. The van der Waals surface area contributed by atoms with Crippen molar-refractivity contribution in [2.45, 2.75) is 13.5 Å². The number of amides is 1. The lowest BCUT2D eigenvalue weighted by Crippen LogP contribution is -2.23. The van der Waals surface area contributed by atoms with E-state index in [4.69, 9.17) is 0 Å². The van der Waals surface area contributed by atoms with Crippen molar-refractivity contribution in [3.63, 3.8) is 0 Å². The zero-order chi connectivity index (χ0) is 16.2. The molecule has 1 aromatic carbocycles. The summed E-state index contributed by atoms with van der Waals surface area (Å²) in [6.07, 6.45) is 3.45. The lowest BCUT2D eigenvalue weighted by molar-refractivity contribution is 0.0950. The van der Waals surface area contributed by atoms with Crippen molar-refractivity contribution in [1.29, 1.82) is 0 Å². The van der Waals surface area contributed by atoms with Crippen LogP contribution in [0.25, 0.3) is 11.3 Å². The molecule has 5 nitrogen and oxygen atoms in total. The predicted molar refractivity (Wildman–Crippen MR) is 89.4 cm³/mol. The van der Waals surface area contributed by atoms with Crippen LogP contribution in [0.2, 0.25) is 0 Å². The van der Waals surface area contributed by atoms with Gasteiger partial charge in [0.2, 0.25) is 0 Å². The molecule has 0 unspecified atom stereocenters. The first-order valence-corrected chi connectivity index (χ1v) is 7.94. The van der Waals surface area contributed by atoms with Crippen molar-refractivity contribution in [3.05, 3.63) is 64.2 Å². The van der Waals surface area contributed by atoms with Gasteiger partial charge in [-0.05, 0) is 31.2 Å². The smallest absolute Gasteiger partial charge is 0.252 e. The van der Waals surface area contributed by atoms with Crippen LogP contribution >= 0.6 is 11.3 Å². The van der Waals surface area contributed by atoms with E-state index in [9.17, 15) is 9.90 Å². The average Bonchev–Trinajstić information content (AvgIpc) is 3.05. The summed E-state index contributed by atoms with van der Waals surface area (Å²) in [6.45, 7) is 2.07. The number of hydrogen-bond donors (Lipinski definition) is 2. The third-order valence-corrected chi connectivity index (χ3v) is 4.33. The molecule has 0 aliphatic rings. The van der Waals surface area contributed by atoms with Crippen molar-refractivity contribution >= 4 is 17.2 Å². The highest BCUT2D eigenvalue weighted by Crippen LogP contribution is 2.22. The standard InChI is InChI=1S/C17H15N3O2S/c1-11-13(3-2-4-15(11)21)17(22)19-9-16-20-14(10-23-16)12-5-7-18-8-6-12/h2-8,10,21H,9H2,1H3,(H,19,22). The van der Waals surface area contributed by atoms with Crippen molar-refractivity contribution in [1.82, 2.24) is 15.3 Å². The van der Waals surface area contributed by atoms with E-state index in [0.717, 1.165) is 16.3 Å². The Balaban J connectivity index is 1.68. The number of carbonyl (C=O) groups is 1. The quantitative estimate of drug-likeness (QED) is 0.773. The molecule has 0 aliphatic carbocycles. The Hall–Kier alpha value is -2.73. The second-order valence-corrected chi connectivity index (χ2v) is 5.94. The van der Waals surface area contributed by atoms with Gasteiger partial charge in [-0.1, -0.05) is 6.07 Å². The molecule has 3 rings (SSSR count). The van der Waals surface area contributed by atoms with Crippen LogP contribution in [0, 0.1) is 6.92 Å². The molecule has 3 aromatic rings. The van der Waals surface area contributed by atoms with Crippen LogP contribution in [0.1, 0.15) is 20.9 Å². The summed E-state index contributed by atoms with van der Waals surface area (Å²) < 4.78 is 0. The number of nitrogens with zero attached hydrogens (tertiary/aromatic N) is 2. The molecule has 0 radical (unpaired) electrons. The molecular weight excluding hydrogens is 310 g/mol. The minimum absolute atomic E-state index is 0.117. The Morgan fingerprint density at radius 2 is 2.04 bits per heavy atom. The average molecular weight is 325 g/mol. The number of hydrogen-bond acceptors (Lipinski definition) is 5. The fraction of sp³-hybridized carbons (Fsp3) is 0.118. The summed E-state index contributed by atoms with van der Waals surface area (Å²) in [5.41, 5.74) is 2.91. The zero-order valence-electron chi connectivity index (χ0n) is 12.5. The van der Waals surface area contributed by atoms with Gasteiger partial charge < -0.3 is 10.4 Å². The molecule has 0 fully saturated rings. The van der Waals surface area contributed by atoms with Gasteiger partial charge in [-0.15, -0.1) is 11.3 Å². The van der Waals surface area contributed by atoms with Gasteiger partial charge in [0.05, 0.1) is 12.2 Å². The van der Waals surface area contributed by atoms with Crippen molar-refractivity contribution in [3.8, 4) is 17.0 Å². The van der Waals surface area contributed by atoms with E-state index in [1.54, 1.807) is 37.5 Å². The molecule has 2 heterocycles. The van der Waals surface area contributed by atoms with Gasteiger partial charge in [0.1, 0.15) is 10.8 Å². The van der Waals surface area contributed by atoms with Gasteiger partial charge in [0.15, 0.2) is 0 Å². The monoisotopic (exact) mass is 325 g/mol. The Morgan fingerprint density at radius 3 is 2.83 bits per heavy atom. The summed E-state index contributed by atoms with van der Waals surface area (Å²) in [5, 5.41) is 15.3. The molecule has 0 saturated heterocycles. The number of phenolic OH excluding ortho intramolecular Hbond substituents is 1. The van der Waals surface area contributed by atoms with Gasteiger partial charge in [-0.25, -0.2) is 4.98 Å². The summed E-state index contributed by atoms with van der Waals surface area (Å²) in [5.74, 6) is -0.106. The maximum Gasteiger partial charge on any atom is 0.252 e. The molecule has 1 amide bonds. The lowest BCUT2D eigenvalue weighted by Gasteiger charge is -2.07. The molecule has 2 N–H and O–H groups in total. The van der Waals surface area contributed by atoms with Crippen LogP contribution in [0.3, 0.4) is 0 Å². The number of phenols is 1. The maximum absolute atomic E-state index is 12.2. The predicted octanol–water partition coefficient (Wildman–Crippen LogP) is 3.15. The molecule has 0 spiro atoms. The van der Waals surface area contributed by atoms with Crippen LogP contribution < -0.4 is 5.32 Å². The van der Waals surface area contributed by atoms with E-state index in [2.05, 4.69) is 15.3 Å². The topological polar surface area (TPSA) is 75.1 Å². The maximum atomic E-state index is 12.2. The number of benzene rings is 1. The van der Waals surface area contributed by atoms with Gasteiger partial charge in [-0.2, -0.15) is 0 Å². The van der Waals surface area contributed by atoms with E-state index in [0.29, 0.717) is 17.7 Å². The van der Waals surface area contributed by atoms with Gasteiger partial charge in [0.25, 0.3) is 5.91 Å². The Labute approximate surface area is 137 Å². The van der Waals surface area contributed by atoms with Crippen LogP contribution in [-0.4, -0.2) is 21.0 Å². The molecule has 6 heteroatoms. The molecule has 23 heavy (non-hydrogen) atoms. The number of aromatic hydroxyl groups is 1. The van der Waals surface area contributed by atoms with Crippen molar-refractivity contribution in [2.24, 2.45) is 0 Å². The fourth-order valence-electron chi connectivity index (χ4n) is 2.17. The SMILES string of the molecule is Cc1c(O)cccc1C(=O)NCc1nc(-c2ccncc2)cs1. The summed E-state index contributed by atoms with van der Waals surface area (Å²) in [4.78, 5) is 20.7. The van der Waals surface area contributed by atoms with Crippen molar-refractivity contribution in [2.75, 3.05) is 0 Å². The van der Waals surface area contributed by atoms with E-state index >= 15 is 0 Å². The number of thiazole rings is 1. The molecule has 0 saturated carbocycles. The molecule has 0 atom stereocenters. The van der Waals surface area contributed by atoms with Crippen molar-refractivity contribution < 1.29 is 9.90 Å². The molecule has 2 aromatic heterocycles. The Bertz CT molecular complexity index is 831. The first-order valence-electron chi connectivity index (χ1n) is 7.06. The first kappa shape index (κ1) is 15.2. The highest BCUT2D eigenvalue weighted by molar-refractivity contribution is 7.09. The second-order valence-electron chi connectivity index (χ2n) is 4.99. The minimum atomic E-state index is -0.223. The normalized spacial score (nSPS) is 10.5. The Kier molecular flexibility index (Phi) is 4.34. The Morgan fingerprint density at radius 1 is 1.26 bits per heavy atom. The number of rotatable bonds is 4. The number of pyridine rings is 1. The highest BCUT2D eigenvalue weighted by atomic mass is 32.1. The highest BCUT2D eigenvalue weighted by Gasteiger charge is 2.12. The number of aromatic nitrogens is 2. The van der Waals surface area contributed by atoms with Crippen LogP contribution in [0.15, 0.2) is 48.1 Å². The molecular formula is C17H15N3O2S. The van der Waals surface area contributed by atoms with E-state index in [1.165, 1.54) is 11.3 Å². The van der Waals surface area contributed by atoms with Crippen LogP contribution in [0.5, 0.6) is 5.75 Å². The summed E-state index contributed by atoms with van der Waals surface area (Å²) in [7, 11) is 0. The first-order chi connectivity index (χ1) is 11.1. The van der Waals surface area contributed by atoms with Crippen LogP contribution in [-0.2, 0) is 6.54 Å². The van der Waals surface area contributed by atoms with Gasteiger partial charge in [-0.3, -0.25) is 9.78 Å². The number of nitrogens with one attached hydrogen (secondary N) is 1. The zero-order valence-corrected chi connectivity index (χ0v) is 13.3. The molecule has 0 aliphatic heterocycles.